The summed E-state index contributed by atoms with van der Waals surface area (Å²) in [6.07, 6.45) is 3.79. The van der Waals surface area contributed by atoms with Gasteiger partial charge in [0, 0.05) is 29.8 Å². The lowest BCUT2D eigenvalue weighted by molar-refractivity contribution is -0.156. The van der Waals surface area contributed by atoms with Gasteiger partial charge in [-0.25, -0.2) is 9.37 Å². The molecule has 0 spiro atoms. The van der Waals surface area contributed by atoms with Crippen LogP contribution in [0.25, 0.3) is 0 Å². The highest BCUT2D eigenvalue weighted by Gasteiger charge is 2.36. The van der Waals surface area contributed by atoms with Crippen LogP contribution in [0.15, 0.2) is 18.2 Å². The number of rotatable bonds is 8. The van der Waals surface area contributed by atoms with E-state index in [0.29, 0.717) is 11.5 Å². The summed E-state index contributed by atoms with van der Waals surface area (Å²) < 4.78 is 32.0. The predicted octanol–water partition coefficient (Wildman–Crippen LogP) is 5.75. The Morgan fingerprint density at radius 2 is 1.95 bits per heavy atom. The van der Waals surface area contributed by atoms with Crippen molar-refractivity contribution in [2.45, 2.75) is 77.6 Å². The van der Waals surface area contributed by atoms with Crippen LogP contribution in [-0.2, 0) is 22.6 Å². The lowest BCUT2D eigenvalue weighted by Gasteiger charge is -2.33. The number of hydrogen-bond donors (Lipinski definition) is 1. The molecule has 2 aromatic rings. The number of nitrogens with one attached hydrogen (secondary N) is 1. The van der Waals surface area contributed by atoms with Gasteiger partial charge < -0.3 is 24.4 Å². The molecule has 2 heterocycles. The van der Waals surface area contributed by atoms with Crippen molar-refractivity contribution in [2.24, 2.45) is 5.92 Å². The van der Waals surface area contributed by atoms with Gasteiger partial charge in [-0.2, -0.15) is 0 Å². The van der Waals surface area contributed by atoms with Gasteiger partial charge in [0.25, 0.3) is 5.91 Å². The van der Waals surface area contributed by atoms with Gasteiger partial charge in [0.1, 0.15) is 22.3 Å². The van der Waals surface area contributed by atoms with Crippen LogP contribution in [0, 0.1) is 11.7 Å². The average molecular weight is 548 g/mol. The minimum Gasteiger partial charge on any atom is -0.497 e. The molecule has 0 unspecified atom stereocenters. The minimum atomic E-state index is -0.594. The van der Waals surface area contributed by atoms with Crippen LogP contribution < -0.4 is 14.8 Å². The molecule has 1 aromatic heterocycles. The standard InChI is InChI=1S/C28H35ClFN3O5/c1-28(2,3)38-22(34)12-16-8-6-7-9-20(16)31-26-24(30)19-15-33(27(35)23(19)25(29)32-26)14-17-10-11-18(36-4)13-21(17)37-5/h10-11,13,16,20H,6-9,12,14-15H2,1-5H3,(H,31,32)/t16-,20-/m0/s1. The molecule has 1 N–H and O–H groups in total. The SMILES string of the molecule is COc1ccc(CN2Cc3c(F)c(N[C@H]4CCCC[C@H]4CC(=O)OC(C)(C)C)nc(Cl)c3C2=O)c(OC)c1. The Hall–Kier alpha value is -3.07. The van der Waals surface area contributed by atoms with Gasteiger partial charge in [0.2, 0.25) is 0 Å². The van der Waals surface area contributed by atoms with Crippen LogP contribution in [0.1, 0.15) is 74.4 Å². The summed E-state index contributed by atoms with van der Waals surface area (Å²) in [6.45, 7) is 5.77. The molecule has 1 aliphatic carbocycles. The van der Waals surface area contributed by atoms with Gasteiger partial charge in [-0.1, -0.05) is 24.4 Å². The zero-order chi connectivity index (χ0) is 27.6. The fourth-order valence-corrected chi connectivity index (χ4v) is 5.47. The minimum absolute atomic E-state index is 0.00603. The summed E-state index contributed by atoms with van der Waals surface area (Å²) in [5.74, 6) is -0.0764. The van der Waals surface area contributed by atoms with E-state index in [1.807, 2.05) is 26.8 Å². The van der Waals surface area contributed by atoms with Crippen molar-refractivity contribution in [3.8, 4) is 11.5 Å². The van der Waals surface area contributed by atoms with Gasteiger partial charge in [-0.05, 0) is 51.7 Å². The maximum atomic E-state index is 15.8. The molecule has 1 amide bonds. The number of benzene rings is 1. The normalized spacial score (nSPS) is 19.2. The van der Waals surface area contributed by atoms with E-state index < -0.39 is 11.4 Å². The number of nitrogens with zero attached hydrogens (tertiary/aromatic N) is 2. The number of amides is 1. The number of aromatic nitrogens is 1. The molecule has 0 saturated heterocycles. The molecule has 206 valence electrons. The van der Waals surface area contributed by atoms with Crippen molar-refractivity contribution in [1.82, 2.24) is 9.88 Å². The lowest BCUT2D eigenvalue weighted by Crippen LogP contribution is -2.36. The van der Waals surface area contributed by atoms with Crippen molar-refractivity contribution in [1.29, 1.82) is 0 Å². The molecule has 0 radical (unpaired) electrons. The van der Waals surface area contributed by atoms with E-state index in [0.717, 1.165) is 31.2 Å². The van der Waals surface area contributed by atoms with Crippen molar-refractivity contribution in [3.63, 3.8) is 0 Å². The van der Waals surface area contributed by atoms with Crippen molar-refractivity contribution >= 4 is 29.3 Å². The molecule has 1 fully saturated rings. The van der Waals surface area contributed by atoms with Crippen LogP contribution in [0.5, 0.6) is 11.5 Å². The van der Waals surface area contributed by atoms with E-state index in [1.165, 1.54) is 4.90 Å². The topological polar surface area (TPSA) is 90.0 Å². The Balaban J connectivity index is 1.53. The predicted molar refractivity (Wildman–Crippen MR) is 142 cm³/mol. The molecule has 38 heavy (non-hydrogen) atoms. The fourth-order valence-electron chi connectivity index (χ4n) is 5.19. The second kappa shape index (κ2) is 11.4. The van der Waals surface area contributed by atoms with Gasteiger partial charge in [0.05, 0.1) is 32.7 Å². The van der Waals surface area contributed by atoms with E-state index in [4.69, 9.17) is 25.8 Å². The number of hydrogen-bond acceptors (Lipinski definition) is 7. The highest BCUT2D eigenvalue weighted by Crippen LogP contribution is 2.37. The first-order valence-electron chi connectivity index (χ1n) is 12.9. The highest BCUT2D eigenvalue weighted by molar-refractivity contribution is 6.33. The van der Waals surface area contributed by atoms with E-state index >= 15 is 4.39 Å². The Kier molecular flexibility index (Phi) is 8.35. The number of esters is 1. The van der Waals surface area contributed by atoms with Crippen LogP contribution >= 0.6 is 11.6 Å². The molecule has 1 aliphatic heterocycles. The monoisotopic (exact) mass is 547 g/mol. The number of fused-ring (bicyclic) bond motifs is 1. The number of carbonyl (C=O) groups excluding carboxylic acids is 2. The second-order valence-electron chi connectivity index (χ2n) is 10.8. The smallest absolute Gasteiger partial charge is 0.306 e. The van der Waals surface area contributed by atoms with E-state index in [-0.39, 0.29) is 65.4 Å². The second-order valence-corrected chi connectivity index (χ2v) is 11.2. The van der Waals surface area contributed by atoms with Crippen molar-refractivity contribution < 1.29 is 28.2 Å². The van der Waals surface area contributed by atoms with E-state index in [9.17, 15) is 9.59 Å². The highest BCUT2D eigenvalue weighted by atomic mass is 35.5. The largest absolute Gasteiger partial charge is 0.497 e. The molecule has 10 heteroatoms. The van der Waals surface area contributed by atoms with Crippen LogP contribution in [-0.4, -0.2) is 47.6 Å². The Bertz CT molecular complexity index is 1220. The van der Waals surface area contributed by atoms with Gasteiger partial charge >= 0.3 is 5.97 Å². The molecule has 0 bridgehead atoms. The third kappa shape index (κ3) is 6.14. The number of carbonyl (C=O) groups is 2. The first-order valence-corrected chi connectivity index (χ1v) is 13.2. The lowest BCUT2D eigenvalue weighted by atomic mass is 9.82. The number of ether oxygens (including phenoxy) is 3. The first kappa shape index (κ1) is 28.0. The van der Waals surface area contributed by atoms with Crippen molar-refractivity contribution in [2.75, 3.05) is 19.5 Å². The fraction of sp³-hybridized carbons (Fsp3) is 0.536. The maximum Gasteiger partial charge on any atom is 0.306 e. The van der Waals surface area contributed by atoms with Crippen LogP contribution in [0.2, 0.25) is 5.15 Å². The third-order valence-corrected chi connectivity index (χ3v) is 7.25. The van der Waals surface area contributed by atoms with E-state index in [2.05, 4.69) is 10.3 Å². The van der Waals surface area contributed by atoms with Crippen LogP contribution in [0.4, 0.5) is 10.2 Å². The number of pyridine rings is 1. The summed E-state index contributed by atoms with van der Waals surface area (Å²) in [6, 6.07) is 5.16. The molecular formula is C28H35ClFN3O5. The summed E-state index contributed by atoms with van der Waals surface area (Å²) in [7, 11) is 3.10. The van der Waals surface area contributed by atoms with Crippen LogP contribution in [0.3, 0.4) is 0 Å². The van der Waals surface area contributed by atoms with Gasteiger partial charge in [-0.3, -0.25) is 9.59 Å². The molecule has 2 atom stereocenters. The Morgan fingerprint density at radius 1 is 1.21 bits per heavy atom. The third-order valence-electron chi connectivity index (χ3n) is 6.98. The zero-order valence-corrected chi connectivity index (χ0v) is 23.3. The Labute approximate surface area is 227 Å². The van der Waals surface area contributed by atoms with E-state index in [1.54, 1.807) is 26.4 Å². The molecule has 8 nitrogen and oxygen atoms in total. The summed E-state index contributed by atoms with van der Waals surface area (Å²) in [5.41, 5.74) is 0.481. The molecule has 1 saturated carbocycles. The Morgan fingerprint density at radius 3 is 2.63 bits per heavy atom. The quantitative estimate of drug-likeness (QED) is 0.332. The summed E-state index contributed by atoms with van der Waals surface area (Å²) in [5, 5.41) is 3.16. The summed E-state index contributed by atoms with van der Waals surface area (Å²) >= 11 is 6.44. The number of methoxy groups -OCH3 is 2. The number of halogens is 2. The molecule has 2 aliphatic rings. The first-order chi connectivity index (χ1) is 18.0. The van der Waals surface area contributed by atoms with Crippen molar-refractivity contribution in [3.05, 3.63) is 45.9 Å². The molecular weight excluding hydrogens is 513 g/mol. The summed E-state index contributed by atoms with van der Waals surface area (Å²) in [4.78, 5) is 31.4. The van der Waals surface area contributed by atoms with Gasteiger partial charge in [0.15, 0.2) is 11.6 Å². The molecule has 4 rings (SSSR count). The molecule has 1 aromatic carbocycles. The maximum absolute atomic E-state index is 15.8. The average Bonchev–Trinajstić information content (AvgIpc) is 3.19. The number of anilines is 1. The van der Waals surface area contributed by atoms with Gasteiger partial charge in [-0.15, -0.1) is 0 Å². The zero-order valence-electron chi connectivity index (χ0n) is 22.5.